The molecular weight excluding hydrogens is 398 g/mol. The monoisotopic (exact) mass is 421 g/mol. The number of benzene rings is 2. The van der Waals surface area contributed by atoms with Crippen LogP contribution < -0.4 is 9.21 Å². The van der Waals surface area contributed by atoms with Crippen molar-refractivity contribution in [2.24, 2.45) is 0 Å². The summed E-state index contributed by atoms with van der Waals surface area (Å²) >= 11 is 5.91. The highest BCUT2D eigenvalue weighted by Gasteiger charge is 2.33. The van der Waals surface area contributed by atoms with Gasteiger partial charge in [-0.15, -0.1) is 0 Å². The van der Waals surface area contributed by atoms with Crippen LogP contribution in [0.4, 0.5) is 11.4 Å². The molecule has 0 radical (unpaired) electrons. The number of carbonyl (C=O) groups is 1. The number of hydrogen-bond donors (Lipinski definition) is 0. The van der Waals surface area contributed by atoms with Gasteiger partial charge in [0, 0.05) is 36.9 Å². The van der Waals surface area contributed by atoms with E-state index in [-0.39, 0.29) is 5.91 Å². The largest absolute Gasteiger partial charge is 0.368 e. The minimum atomic E-state index is -3.64. The summed E-state index contributed by atoms with van der Waals surface area (Å²) in [5.41, 5.74) is 1.55. The van der Waals surface area contributed by atoms with Gasteiger partial charge in [-0.1, -0.05) is 29.8 Å². The Hall–Kier alpha value is -2.25. The summed E-state index contributed by atoms with van der Waals surface area (Å²) in [6, 6.07) is 15.7. The molecule has 1 heterocycles. The molecule has 0 aliphatic carbocycles. The van der Waals surface area contributed by atoms with Crippen LogP contribution in [0.3, 0.4) is 0 Å². The SMILES string of the molecule is C[C@H](C(=O)N1CCN(c2ccccc2)CC1)N(c1ccc(Cl)cc1)S(C)(=O)=O. The fraction of sp³-hybridized carbons (Fsp3) is 0.350. The standard InChI is InChI=1S/C20H24ClN3O3S/c1-16(24(28(2,26)27)19-10-8-17(21)9-11-19)20(25)23-14-12-22(13-15-23)18-6-4-3-5-7-18/h3-11,16H,12-15H2,1-2H3/t16-/m1/s1. The summed E-state index contributed by atoms with van der Waals surface area (Å²) in [7, 11) is -3.64. The van der Waals surface area contributed by atoms with Crippen LogP contribution >= 0.6 is 11.6 Å². The number of carbonyl (C=O) groups excluding carboxylic acids is 1. The van der Waals surface area contributed by atoms with E-state index in [9.17, 15) is 13.2 Å². The summed E-state index contributed by atoms with van der Waals surface area (Å²) in [6.07, 6.45) is 1.11. The van der Waals surface area contributed by atoms with Crippen LogP contribution in [0, 0.1) is 0 Å². The molecule has 8 heteroatoms. The van der Waals surface area contributed by atoms with Crippen molar-refractivity contribution in [1.29, 1.82) is 0 Å². The van der Waals surface area contributed by atoms with Gasteiger partial charge in [-0.25, -0.2) is 8.42 Å². The Bertz CT molecular complexity index is 911. The Kier molecular flexibility index (Phi) is 6.15. The molecule has 150 valence electrons. The Morgan fingerprint density at radius 3 is 2.11 bits per heavy atom. The minimum absolute atomic E-state index is 0.201. The summed E-state index contributed by atoms with van der Waals surface area (Å²) < 4.78 is 26.0. The molecule has 0 aromatic heterocycles. The van der Waals surface area contributed by atoms with Crippen molar-refractivity contribution < 1.29 is 13.2 Å². The molecule has 0 N–H and O–H groups in total. The summed E-state index contributed by atoms with van der Waals surface area (Å²) in [4.78, 5) is 17.0. The van der Waals surface area contributed by atoms with E-state index in [1.165, 1.54) is 0 Å². The molecule has 0 saturated carbocycles. The number of halogens is 1. The molecule has 2 aromatic rings. The van der Waals surface area contributed by atoms with Crippen molar-refractivity contribution in [3.8, 4) is 0 Å². The predicted octanol–water partition coefficient (Wildman–Crippen LogP) is 2.84. The predicted molar refractivity (Wildman–Crippen MR) is 113 cm³/mol. The van der Waals surface area contributed by atoms with Crippen molar-refractivity contribution in [3.05, 3.63) is 59.6 Å². The van der Waals surface area contributed by atoms with E-state index in [4.69, 9.17) is 11.6 Å². The summed E-state index contributed by atoms with van der Waals surface area (Å²) in [6.45, 7) is 4.15. The number of piperazine rings is 1. The Labute approximate surface area is 171 Å². The van der Waals surface area contributed by atoms with Crippen LogP contribution in [0.5, 0.6) is 0 Å². The van der Waals surface area contributed by atoms with Crippen LogP contribution in [-0.4, -0.2) is 57.7 Å². The van der Waals surface area contributed by atoms with Crippen molar-refractivity contribution >= 4 is 38.9 Å². The summed E-state index contributed by atoms with van der Waals surface area (Å²) in [5, 5.41) is 0.508. The zero-order chi connectivity index (χ0) is 20.3. The number of sulfonamides is 1. The zero-order valence-corrected chi connectivity index (χ0v) is 17.5. The first-order valence-electron chi connectivity index (χ1n) is 9.11. The quantitative estimate of drug-likeness (QED) is 0.744. The van der Waals surface area contributed by atoms with Crippen molar-refractivity contribution in [2.75, 3.05) is 41.6 Å². The highest BCUT2D eigenvalue weighted by Crippen LogP contribution is 2.24. The van der Waals surface area contributed by atoms with Crippen molar-refractivity contribution in [3.63, 3.8) is 0 Å². The number of nitrogens with zero attached hydrogens (tertiary/aromatic N) is 3. The van der Waals surface area contributed by atoms with Crippen LogP contribution in [0.1, 0.15) is 6.92 Å². The van der Waals surface area contributed by atoms with Gasteiger partial charge < -0.3 is 9.80 Å². The molecule has 0 spiro atoms. The first-order chi connectivity index (χ1) is 13.3. The van der Waals surface area contributed by atoms with Crippen molar-refractivity contribution in [1.82, 2.24) is 4.90 Å². The lowest BCUT2D eigenvalue weighted by Gasteiger charge is -2.39. The molecule has 3 rings (SSSR count). The van der Waals surface area contributed by atoms with Gasteiger partial charge in [0.05, 0.1) is 11.9 Å². The molecule has 28 heavy (non-hydrogen) atoms. The lowest BCUT2D eigenvalue weighted by molar-refractivity contribution is -0.132. The van der Waals surface area contributed by atoms with Gasteiger partial charge >= 0.3 is 0 Å². The maximum Gasteiger partial charge on any atom is 0.246 e. The lowest BCUT2D eigenvalue weighted by atomic mass is 10.2. The molecule has 0 bridgehead atoms. The van der Waals surface area contributed by atoms with E-state index in [1.54, 1.807) is 36.1 Å². The number of hydrogen-bond acceptors (Lipinski definition) is 4. The molecule has 6 nitrogen and oxygen atoms in total. The van der Waals surface area contributed by atoms with Gasteiger partial charge in [0.25, 0.3) is 0 Å². The first kappa shape index (κ1) is 20.5. The number of para-hydroxylation sites is 1. The average molecular weight is 422 g/mol. The minimum Gasteiger partial charge on any atom is -0.368 e. The molecule has 1 saturated heterocycles. The van der Waals surface area contributed by atoms with Gasteiger partial charge in [0.15, 0.2) is 0 Å². The van der Waals surface area contributed by atoms with Gasteiger partial charge in [-0.3, -0.25) is 9.10 Å². The number of rotatable bonds is 5. The van der Waals surface area contributed by atoms with E-state index in [0.717, 1.165) is 16.2 Å². The van der Waals surface area contributed by atoms with Gasteiger partial charge in [0.1, 0.15) is 6.04 Å². The molecule has 2 aromatic carbocycles. The third kappa shape index (κ3) is 4.59. The third-order valence-electron chi connectivity index (χ3n) is 4.86. The Balaban J connectivity index is 1.73. The second kappa shape index (κ2) is 8.41. The molecule has 0 unspecified atom stereocenters. The van der Waals surface area contributed by atoms with Crippen LogP contribution in [0.25, 0.3) is 0 Å². The van der Waals surface area contributed by atoms with Crippen LogP contribution in [0.2, 0.25) is 5.02 Å². The van der Waals surface area contributed by atoms with E-state index in [1.807, 2.05) is 30.3 Å². The highest BCUT2D eigenvalue weighted by atomic mass is 35.5. The number of amides is 1. The molecule has 1 aliphatic heterocycles. The second-order valence-corrected chi connectivity index (χ2v) is 9.15. The number of anilines is 2. The Morgan fingerprint density at radius 1 is 1.00 bits per heavy atom. The fourth-order valence-corrected chi connectivity index (χ4v) is 4.77. The average Bonchev–Trinajstić information content (AvgIpc) is 2.69. The first-order valence-corrected chi connectivity index (χ1v) is 11.3. The van der Waals surface area contributed by atoms with Crippen LogP contribution in [0.15, 0.2) is 54.6 Å². The topological polar surface area (TPSA) is 60.9 Å². The van der Waals surface area contributed by atoms with Gasteiger partial charge in [-0.05, 0) is 43.3 Å². The molecular formula is C20H24ClN3O3S. The van der Waals surface area contributed by atoms with Crippen molar-refractivity contribution in [2.45, 2.75) is 13.0 Å². The zero-order valence-electron chi connectivity index (χ0n) is 16.0. The summed E-state index contributed by atoms with van der Waals surface area (Å²) in [5.74, 6) is -0.201. The van der Waals surface area contributed by atoms with Crippen LogP contribution in [-0.2, 0) is 14.8 Å². The Morgan fingerprint density at radius 2 is 1.57 bits per heavy atom. The normalized spacial score (nSPS) is 16.0. The third-order valence-corrected chi connectivity index (χ3v) is 6.35. The van der Waals surface area contributed by atoms with Gasteiger partial charge in [0.2, 0.25) is 15.9 Å². The van der Waals surface area contributed by atoms with Gasteiger partial charge in [-0.2, -0.15) is 0 Å². The van der Waals surface area contributed by atoms with E-state index in [0.29, 0.717) is 36.9 Å². The second-order valence-electron chi connectivity index (χ2n) is 6.86. The smallest absolute Gasteiger partial charge is 0.246 e. The molecule has 1 atom stereocenters. The molecule has 1 amide bonds. The van der Waals surface area contributed by atoms with E-state index < -0.39 is 16.1 Å². The fourth-order valence-electron chi connectivity index (χ4n) is 3.48. The lowest BCUT2D eigenvalue weighted by Crippen LogP contribution is -2.55. The van der Waals surface area contributed by atoms with E-state index in [2.05, 4.69) is 4.90 Å². The molecule has 1 fully saturated rings. The maximum absolute atomic E-state index is 13.0. The van der Waals surface area contributed by atoms with E-state index >= 15 is 0 Å². The maximum atomic E-state index is 13.0. The molecule has 1 aliphatic rings. The highest BCUT2D eigenvalue weighted by molar-refractivity contribution is 7.92.